The van der Waals surface area contributed by atoms with Gasteiger partial charge in [0.2, 0.25) is 0 Å². The van der Waals surface area contributed by atoms with Crippen molar-refractivity contribution in [2.45, 2.75) is 18.4 Å². The number of nitrogens with zero attached hydrogens (tertiary/aromatic N) is 3. The number of benzene rings is 1. The topological polar surface area (TPSA) is 38.1 Å². The van der Waals surface area contributed by atoms with Crippen molar-refractivity contribution in [3.8, 4) is 0 Å². The van der Waals surface area contributed by atoms with Gasteiger partial charge in [-0.2, -0.15) is 5.10 Å². The molecular weight excluding hydrogens is 270 g/mol. The molecule has 0 atom stereocenters. The Morgan fingerprint density at radius 1 is 1.35 bits per heavy atom. The highest BCUT2D eigenvalue weighted by Crippen LogP contribution is 2.16. The van der Waals surface area contributed by atoms with E-state index in [0.717, 1.165) is 11.3 Å². The first-order chi connectivity index (χ1) is 9.51. The van der Waals surface area contributed by atoms with Gasteiger partial charge in [0.25, 0.3) is 5.91 Å². The molecule has 1 amide bonds. The monoisotopic (exact) mass is 289 g/mol. The molecule has 0 saturated heterocycles. The number of aromatic nitrogens is 2. The Morgan fingerprint density at radius 3 is 2.50 bits per heavy atom. The average molecular weight is 289 g/mol. The zero-order chi connectivity index (χ0) is 14.7. The predicted molar refractivity (Wildman–Crippen MR) is 82.0 cm³/mol. The molecule has 0 spiro atoms. The first kappa shape index (κ1) is 14.7. The summed E-state index contributed by atoms with van der Waals surface area (Å²) >= 11 is 1.71. The fraction of sp³-hybridized carbons (Fsp3) is 0.333. The fourth-order valence-electron chi connectivity index (χ4n) is 2.08. The molecule has 4 nitrogen and oxygen atoms in total. The number of rotatable bonds is 4. The lowest BCUT2D eigenvalue weighted by Crippen LogP contribution is -2.28. The Bertz CT molecular complexity index is 604. The van der Waals surface area contributed by atoms with Crippen molar-refractivity contribution in [3.05, 3.63) is 47.3 Å². The Balaban J connectivity index is 2.09. The lowest BCUT2D eigenvalue weighted by Gasteiger charge is -2.17. The minimum Gasteiger partial charge on any atom is -0.336 e. The molecule has 0 fully saturated rings. The normalized spacial score (nSPS) is 10.6. The Labute approximate surface area is 123 Å². The van der Waals surface area contributed by atoms with E-state index in [1.54, 1.807) is 28.4 Å². The van der Waals surface area contributed by atoms with E-state index in [4.69, 9.17) is 0 Å². The highest BCUT2D eigenvalue weighted by molar-refractivity contribution is 7.98. The molecule has 1 aromatic heterocycles. The van der Waals surface area contributed by atoms with Gasteiger partial charge >= 0.3 is 0 Å². The van der Waals surface area contributed by atoms with Crippen LogP contribution in [0, 0.1) is 6.92 Å². The minimum atomic E-state index is -0.0120. The van der Waals surface area contributed by atoms with Crippen LogP contribution in [0.5, 0.6) is 0 Å². The first-order valence-corrected chi connectivity index (χ1v) is 7.62. The van der Waals surface area contributed by atoms with Crippen molar-refractivity contribution in [2.24, 2.45) is 7.05 Å². The van der Waals surface area contributed by atoms with Crippen molar-refractivity contribution in [2.75, 3.05) is 13.3 Å². The molecule has 0 bridgehead atoms. The number of hydrogen-bond donors (Lipinski definition) is 0. The number of carbonyl (C=O) groups is 1. The van der Waals surface area contributed by atoms with Crippen LogP contribution >= 0.6 is 11.8 Å². The Morgan fingerprint density at radius 2 is 2.00 bits per heavy atom. The molecule has 0 aliphatic rings. The molecule has 20 heavy (non-hydrogen) atoms. The second-order valence-corrected chi connectivity index (χ2v) is 5.68. The summed E-state index contributed by atoms with van der Waals surface area (Å²) in [5, 5.41) is 4.21. The minimum absolute atomic E-state index is 0.0120. The van der Waals surface area contributed by atoms with Gasteiger partial charge in [-0.15, -0.1) is 11.8 Å². The molecule has 0 N–H and O–H groups in total. The first-order valence-electron chi connectivity index (χ1n) is 6.40. The van der Waals surface area contributed by atoms with Crippen LogP contribution in [0.1, 0.15) is 21.7 Å². The lowest BCUT2D eigenvalue weighted by molar-refractivity contribution is 0.0774. The number of hydrogen-bond acceptors (Lipinski definition) is 3. The second-order valence-electron chi connectivity index (χ2n) is 4.80. The van der Waals surface area contributed by atoms with Gasteiger partial charge in [0.05, 0.1) is 5.69 Å². The van der Waals surface area contributed by atoms with Gasteiger partial charge in [0.1, 0.15) is 5.69 Å². The molecule has 0 aliphatic carbocycles. The van der Waals surface area contributed by atoms with E-state index < -0.39 is 0 Å². The quantitative estimate of drug-likeness (QED) is 0.812. The van der Waals surface area contributed by atoms with E-state index in [-0.39, 0.29) is 5.91 Å². The van der Waals surface area contributed by atoms with Gasteiger partial charge in [-0.3, -0.25) is 9.48 Å². The van der Waals surface area contributed by atoms with Crippen molar-refractivity contribution >= 4 is 17.7 Å². The van der Waals surface area contributed by atoms with Gasteiger partial charge in [0, 0.05) is 25.5 Å². The molecule has 1 aromatic carbocycles. The Hall–Kier alpha value is -1.75. The van der Waals surface area contributed by atoms with E-state index in [0.29, 0.717) is 12.2 Å². The van der Waals surface area contributed by atoms with E-state index in [1.807, 2.05) is 20.0 Å². The van der Waals surface area contributed by atoms with Crippen LogP contribution < -0.4 is 0 Å². The third kappa shape index (κ3) is 3.22. The molecule has 1 heterocycles. The number of aryl methyl sites for hydroxylation is 2. The number of thioether (sulfide) groups is 1. The average Bonchev–Trinajstić information content (AvgIpc) is 2.77. The largest absolute Gasteiger partial charge is 0.336 e. The van der Waals surface area contributed by atoms with Crippen LogP contribution in [0.25, 0.3) is 0 Å². The summed E-state index contributed by atoms with van der Waals surface area (Å²) < 4.78 is 1.63. The standard InChI is InChI=1S/C15H19N3OS/c1-11-9-14(18(3)16-11)15(19)17(2)10-12-5-7-13(20-4)8-6-12/h5-9H,10H2,1-4H3. The predicted octanol–water partition coefficient (Wildman–Crippen LogP) is 2.72. The molecule has 0 unspecified atom stereocenters. The van der Waals surface area contributed by atoms with Crippen LogP contribution in [-0.2, 0) is 13.6 Å². The van der Waals surface area contributed by atoms with E-state index in [9.17, 15) is 4.79 Å². The summed E-state index contributed by atoms with van der Waals surface area (Å²) in [5.74, 6) is -0.0120. The highest BCUT2D eigenvalue weighted by Gasteiger charge is 2.16. The SMILES string of the molecule is CSc1ccc(CN(C)C(=O)c2cc(C)nn2C)cc1. The van der Waals surface area contributed by atoms with Crippen molar-refractivity contribution in [1.29, 1.82) is 0 Å². The van der Waals surface area contributed by atoms with Crippen LogP contribution in [0.4, 0.5) is 0 Å². The molecule has 106 valence electrons. The van der Waals surface area contributed by atoms with Crippen molar-refractivity contribution in [3.63, 3.8) is 0 Å². The molecule has 5 heteroatoms. The van der Waals surface area contributed by atoms with Crippen molar-refractivity contribution in [1.82, 2.24) is 14.7 Å². The number of amides is 1. The summed E-state index contributed by atoms with van der Waals surface area (Å²) in [4.78, 5) is 15.3. The summed E-state index contributed by atoms with van der Waals surface area (Å²) in [5.41, 5.74) is 2.59. The van der Waals surface area contributed by atoms with Gasteiger partial charge in [0.15, 0.2) is 0 Å². The molecule has 2 aromatic rings. The van der Waals surface area contributed by atoms with Gasteiger partial charge < -0.3 is 4.90 Å². The third-order valence-electron chi connectivity index (χ3n) is 3.15. The summed E-state index contributed by atoms with van der Waals surface area (Å²) in [6.45, 7) is 2.48. The third-order valence-corrected chi connectivity index (χ3v) is 3.89. The van der Waals surface area contributed by atoms with E-state index in [1.165, 1.54) is 4.90 Å². The Kier molecular flexibility index (Phi) is 4.49. The smallest absolute Gasteiger partial charge is 0.272 e. The molecule has 2 rings (SSSR count). The van der Waals surface area contributed by atoms with Crippen molar-refractivity contribution < 1.29 is 4.79 Å². The highest BCUT2D eigenvalue weighted by atomic mass is 32.2. The van der Waals surface area contributed by atoms with Gasteiger partial charge in [-0.25, -0.2) is 0 Å². The number of carbonyl (C=O) groups excluding carboxylic acids is 1. The lowest BCUT2D eigenvalue weighted by atomic mass is 10.2. The summed E-state index contributed by atoms with van der Waals surface area (Å²) in [6.07, 6.45) is 2.05. The molecular formula is C15H19N3OS. The van der Waals surface area contributed by atoms with E-state index >= 15 is 0 Å². The molecule has 0 aliphatic heterocycles. The molecule has 0 radical (unpaired) electrons. The van der Waals surface area contributed by atoms with Crippen LogP contribution in [0.15, 0.2) is 35.2 Å². The second kappa shape index (κ2) is 6.13. The maximum absolute atomic E-state index is 12.4. The zero-order valence-electron chi connectivity index (χ0n) is 12.3. The van der Waals surface area contributed by atoms with Crippen LogP contribution in [0.3, 0.4) is 0 Å². The van der Waals surface area contributed by atoms with Gasteiger partial charge in [-0.05, 0) is 36.9 Å². The maximum atomic E-state index is 12.4. The maximum Gasteiger partial charge on any atom is 0.272 e. The van der Waals surface area contributed by atoms with Gasteiger partial charge in [-0.1, -0.05) is 12.1 Å². The fourth-order valence-corrected chi connectivity index (χ4v) is 2.49. The van der Waals surface area contributed by atoms with Crippen LogP contribution in [-0.4, -0.2) is 33.9 Å². The zero-order valence-corrected chi connectivity index (χ0v) is 13.1. The van der Waals surface area contributed by atoms with Crippen LogP contribution in [0.2, 0.25) is 0 Å². The molecule has 0 saturated carbocycles. The summed E-state index contributed by atoms with van der Waals surface area (Å²) in [6, 6.07) is 10.1. The van der Waals surface area contributed by atoms with E-state index in [2.05, 4.69) is 35.6 Å². The summed E-state index contributed by atoms with van der Waals surface area (Å²) in [7, 11) is 3.61.